The lowest BCUT2D eigenvalue weighted by Crippen LogP contribution is -2.30. The third-order valence-electron chi connectivity index (χ3n) is 9.99. The Bertz CT molecular complexity index is 2470. The first-order chi connectivity index (χ1) is 29.3. The van der Waals surface area contributed by atoms with Crippen molar-refractivity contribution in [2.45, 2.75) is 49.9 Å². The van der Waals surface area contributed by atoms with Crippen LogP contribution in [0.15, 0.2) is 150 Å². The number of carbonyl (C=O) groups is 4. The van der Waals surface area contributed by atoms with Crippen LogP contribution in [0, 0.1) is 0 Å². The van der Waals surface area contributed by atoms with Gasteiger partial charge in [0.2, 0.25) is 5.91 Å². The largest absolute Gasteiger partial charge is 0.462 e. The van der Waals surface area contributed by atoms with Crippen LogP contribution in [-0.4, -0.2) is 47.0 Å². The van der Waals surface area contributed by atoms with Crippen molar-refractivity contribution in [1.82, 2.24) is 10.2 Å². The molecule has 3 N–H and O–H groups in total. The standard InChI is InChI=1S/C49H46N4O5S2/c1-3-42(47(56)52-48-44(49(57)58-4-2)40-27-28-53(32-43(40)60-48)31-34-15-8-5-9-16-34)59-39-22-14-21-38(30-39)50-46(55)41(51-45(54)37-19-12-7-13-20-37)29-33-23-25-36(26-24-33)35-17-10-6-11-18-35/h5-26,29-30,42H,3-4,27-28,31-32H2,1-2H3,(H,50,55)(H,51,54)(H,52,56)/b41-29+. The van der Waals surface area contributed by atoms with Crippen molar-refractivity contribution in [2.75, 3.05) is 23.8 Å². The van der Waals surface area contributed by atoms with Crippen molar-refractivity contribution >= 4 is 63.6 Å². The van der Waals surface area contributed by atoms with E-state index in [2.05, 4.69) is 33.0 Å². The van der Waals surface area contributed by atoms with E-state index >= 15 is 0 Å². The van der Waals surface area contributed by atoms with Gasteiger partial charge in [-0.15, -0.1) is 23.1 Å². The van der Waals surface area contributed by atoms with E-state index in [0.717, 1.165) is 45.1 Å². The maximum absolute atomic E-state index is 13.9. The van der Waals surface area contributed by atoms with Crippen LogP contribution in [0.1, 0.15) is 62.6 Å². The Hall–Kier alpha value is -6.27. The molecule has 0 saturated carbocycles. The molecule has 5 aromatic carbocycles. The summed E-state index contributed by atoms with van der Waals surface area (Å²) in [5.41, 5.74) is 6.43. The Kier molecular flexibility index (Phi) is 14.0. The van der Waals surface area contributed by atoms with Crippen LogP contribution in [0.2, 0.25) is 0 Å². The summed E-state index contributed by atoms with van der Waals surface area (Å²) in [4.78, 5) is 58.6. The summed E-state index contributed by atoms with van der Waals surface area (Å²) in [5.74, 6) is -1.58. The number of rotatable bonds is 15. The molecule has 1 unspecified atom stereocenters. The van der Waals surface area contributed by atoms with Crippen LogP contribution < -0.4 is 16.0 Å². The minimum atomic E-state index is -0.506. The van der Waals surface area contributed by atoms with E-state index in [0.29, 0.717) is 41.2 Å². The van der Waals surface area contributed by atoms with Crippen molar-refractivity contribution < 1.29 is 23.9 Å². The molecule has 1 aliphatic heterocycles. The molecule has 60 heavy (non-hydrogen) atoms. The van der Waals surface area contributed by atoms with Crippen molar-refractivity contribution in [3.63, 3.8) is 0 Å². The molecular formula is C49H46N4O5S2. The van der Waals surface area contributed by atoms with Crippen LogP contribution >= 0.6 is 23.1 Å². The highest BCUT2D eigenvalue weighted by Gasteiger charge is 2.31. The highest BCUT2D eigenvalue weighted by atomic mass is 32.2. The van der Waals surface area contributed by atoms with Gasteiger partial charge in [0, 0.05) is 40.7 Å². The highest BCUT2D eigenvalue weighted by molar-refractivity contribution is 8.00. The minimum absolute atomic E-state index is 0.0689. The Labute approximate surface area is 358 Å². The summed E-state index contributed by atoms with van der Waals surface area (Å²) in [6.07, 6.45) is 2.84. The SMILES string of the molecule is CCOC(=O)c1c(NC(=O)C(CC)Sc2cccc(NC(=O)/C(=C\c3ccc(-c4ccccc4)cc3)NC(=O)c3ccccc3)c2)sc2c1CCN(Cc1ccccc1)C2. The number of hydrogen-bond donors (Lipinski definition) is 3. The highest BCUT2D eigenvalue weighted by Crippen LogP contribution is 2.39. The molecule has 0 fully saturated rings. The van der Waals surface area contributed by atoms with E-state index in [4.69, 9.17) is 4.74 Å². The third kappa shape index (κ3) is 10.7. The lowest BCUT2D eigenvalue weighted by molar-refractivity contribution is -0.116. The third-order valence-corrected chi connectivity index (χ3v) is 12.5. The predicted octanol–water partition coefficient (Wildman–Crippen LogP) is 10.1. The number of hydrogen-bond acceptors (Lipinski definition) is 8. The molecule has 0 aliphatic carbocycles. The smallest absolute Gasteiger partial charge is 0.341 e. The van der Waals surface area contributed by atoms with Gasteiger partial charge in [0.15, 0.2) is 0 Å². The van der Waals surface area contributed by atoms with Gasteiger partial charge in [-0.3, -0.25) is 19.3 Å². The molecule has 11 heteroatoms. The zero-order valence-electron chi connectivity index (χ0n) is 33.5. The molecule has 304 valence electrons. The molecule has 1 aliphatic rings. The fourth-order valence-corrected chi connectivity index (χ4v) is 9.27. The van der Waals surface area contributed by atoms with Crippen molar-refractivity contribution in [1.29, 1.82) is 0 Å². The second-order valence-electron chi connectivity index (χ2n) is 14.2. The van der Waals surface area contributed by atoms with E-state index in [1.807, 2.05) is 97.9 Å². The molecule has 1 atom stereocenters. The minimum Gasteiger partial charge on any atom is -0.462 e. The number of thiophene rings is 1. The van der Waals surface area contributed by atoms with Gasteiger partial charge in [0.05, 0.1) is 17.4 Å². The van der Waals surface area contributed by atoms with Gasteiger partial charge in [0.25, 0.3) is 11.8 Å². The molecule has 6 aromatic rings. The number of ether oxygens (including phenoxy) is 1. The lowest BCUT2D eigenvalue weighted by Gasteiger charge is -2.27. The van der Waals surface area contributed by atoms with Gasteiger partial charge in [-0.2, -0.15) is 0 Å². The van der Waals surface area contributed by atoms with Crippen LogP contribution in [0.4, 0.5) is 10.7 Å². The van der Waals surface area contributed by atoms with Crippen molar-refractivity contribution in [2.24, 2.45) is 0 Å². The van der Waals surface area contributed by atoms with Gasteiger partial charge in [-0.25, -0.2) is 4.79 Å². The Morgan fingerprint density at radius 2 is 1.48 bits per heavy atom. The molecule has 1 aromatic heterocycles. The summed E-state index contributed by atoms with van der Waals surface area (Å²) in [6.45, 7) is 6.21. The molecule has 9 nitrogen and oxygen atoms in total. The number of fused-ring (bicyclic) bond motifs is 1. The van der Waals surface area contributed by atoms with Gasteiger partial charge < -0.3 is 20.7 Å². The molecule has 0 radical (unpaired) electrons. The average Bonchev–Trinajstić information content (AvgIpc) is 3.63. The van der Waals surface area contributed by atoms with E-state index in [-0.39, 0.29) is 18.2 Å². The van der Waals surface area contributed by atoms with Crippen molar-refractivity contribution in [3.8, 4) is 11.1 Å². The maximum atomic E-state index is 13.9. The van der Waals surface area contributed by atoms with Crippen LogP contribution in [0.25, 0.3) is 17.2 Å². The fourth-order valence-electron chi connectivity index (χ4n) is 6.98. The van der Waals surface area contributed by atoms with Crippen LogP contribution in [0.3, 0.4) is 0 Å². The van der Waals surface area contributed by atoms with Gasteiger partial charge in [-0.1, -0.05) is 116 Å². The molecule has 3 amide bonds. The topological polar surface area (TPSA) is 117 Å². The lowest BCUT2D eigenvalue weighted by atomic mass is 10.0. The number of nitrogens with zero attached hydrogens (tertiary/aromatic N) is 1. The summed E-state index contributed by atoms with van der Waals surface area (Å²) >= 11 is 2.81. The zero-order valence-corrected chi connectivity index (χ0v) is 35.1. The molecule has 7 rings (SSSR count). The van der Waals surface area contributed by atoms with Crippen LogP contribution in [-0.2, 0) is 33.8 Å². The summed E-state index contributed by atoms with van der Waals surface area (Å²) in [6, 6.07) is 44.0. The molecular weight excluding hydrogens is 789 g/mol. The molecule has 2 heterocycles. The molecule has 0 saturated heterocycles. The summed E-state index contributed by atoms with van der Waals surface area (Å²) in [5, 5.41) is 8.86. The normalized spacial score (nSPS) is 13.1. The van der Waals surface area contributed by atoms with E-state index in [9.17, 15) is 19.2 Å². The zero-order chi connectivity index (χ0) is 41.8. The van der Waals surface area contributed by atoms with E-state index in [1.165, 1.54) is 28.7 Å². The maximum Gasteiger partial charge on any atom is 0.341 e. The second kappa shape index (κ2) is 20.1. The fraction of sp³-hybridized carbons (Fsp3) is 0.184. The van der Waals surface area contributed by atoms with Gasteiger partial charge >= 0.3 is 5.97 Å². The van der Waals surface area contributed by atoms with Gasteiger partial charge in [0.1, 0.15) is 10.7 Å². The van der Waals surface area contributed by atoms with E-state index in [1.54, 1.807) is 49.4 Å². The average molecular weight is 835 g/mol. The second-order valence-corrected chi connectivity index (χ2v) is 16.6. The van der Waals surface area contributed by atoms with E-state index < -0.39 is 23.0 Å². The number of nitrogens with one attached hydrogen (secondary N) is 3. The monoisotopic (exact) mass is 834 g/mol. The van der Waals surface area contributed by atoms with Crippen LogP contribution in [0.5, 0.6) is 0 Å². The first-order valence-electron chi connectivity index (χ1n) is 20.0. The Morgan fingerprint density at radius 1 is 0.800 bits per heavy atom. The number of esters is 1. The number of benzene rings is 5. The summed E-state index contributed by atoms with van der Waals surface area (Å²) < 4.78 is 5.48. The summed E-state index contributed by atoms with van der Waals surface area (Å²) in [7, 11) is 0. The molecule has 0 bridgehead atoms. The predicted molar refractivity (Wildman–Crippen MR) is 242 cm³/mol. The Balaban J connectivity index is 1.06. The number of anilines is 2. The Morgan fingerprint density at radius 3 is 2.18 bits per heavy atom. The number of carbonyl (C=O) groups excluding carboxylic acids is 4. The number of thioether (sulfide) groups is 1. The quantitative estimate of drug-likeness (QED) is 0.0536. The molecule has 0 spiro atoms. The first kappa shape index (κ1) is 41.9. The number of amides is 3. The van der Waals surface area contributed by atoms with Gasteiger partial charge in [-0.05, 0) is 84.0 Å². The van der Waals surface area contributed by atoms with Crippen molar-refractivity contribution in [3.05, 3.63) is 178 Å². The first-order valence-corrected chi connectivity index (χ1v) is 21.7.